The molecule has 4 atom stereocenters. The van der Waals surface area contributed by atoms with Crippen molar-refractivity contribution in [1.29, 1.82) is 0 Å². The summed E-state index contributed by atoms with van der Waals surface area (Å²) in [6, 6.07) is 2.04. The van der Waals surface area contributed by atoms with Crippen LogP contribution in [0.3, 0.4) is 0 Å². The van der Waals surface area contributed by atoms with Gasteiger partial charge in [0.2, 0.25) is 0 Å². The molecule has 0 radical (unpaired) electrons. The van der Waals surface area contributed by atoms with Crippen LogP contribution in [-0.4, -0.2) is 5.11 Å². The summed E-state index contributed by atoms with van der Waals surface area (Å²) in [5.74, 6) is 1.97. The lowest BCUT2D eigenvalue weighted by Crippen LogP contribution is -2.24. The summed E-state index contributed by atoms with van der Waals surface area (Å²) < 4.78 is 2.12. The van der Waals surface area contributed by atoms with Gasteiger partial charge in [-0.05, 0) is 68.5 Å². The van der Waals surface area contributed by atoms with Gasteiger partial charge in [0.15, 0.2) is 0 Å². The first-order valence-corrected chi connectivity index (χ1v) is 8.52. The highest BCUT2D eigenvalue weighted by Gasteiger charge is 2.30. The Kier molecular flexibility index (Phi) is 4.73. The summed E-state index contributed by atoms with van der Waals surface area (Å²) in [7, 11) is 0. The van der Waals surface area contributed by atoms with Crippen molar-refractivity contribution in [3.63, 3.8) is 0 Å². The van der Waals surface area contributed by atoms with Gasteiger partial charge in [-0.25, -0.2) is 0 Å². The van der Waals surface area contributed by atoms with Crippen molar-refractivity contribution in [2.75, 3.05) is 0 Å². The zero-order valence-corrected chi connectivity index (χ0v) is 14.1. The van der Waals surface area contributed by atoms with Gasteiger partial charge >= 0.3 is 0 Å². The lowest BCUT2D eigenvalue weighted by atomic mass is 9.74. The molecule has 1 saturated carbocycles. The Hall–Kier alpha value is 0.620. The van der Waals surface area contributed by atoms with Gasteiger partial charge in [-0.15, -0.1) is 11.3 Å². The first-order chi connectivity index (χ1) is 7.99. The molecule has 96 valence electrons. The second kappa shape index (κ2) is 5.72. The number of thiophene rings is 1. The highest BCUT2D eigenvalue weighted by Crippen LogP contribution is 2.43. The fraction of sp³-hybridized carbons (Fsp3) is 0.692. The summed E-state index contributed by atoms with van der Waals surface area (Å²) in [6.45, 7) is 4.63. The van der Waals surface area contributed by atoms with Crippen LogP contribution in [0.15, 0.2) is 14.3 Å². The summed E-state index contributed by atoms with van der Waals surface area (Å²) in [5.41, 5.74) is 0. The zero-order chi connectivity index (χ0) is 12.6. The predicted octanol–water partition coefficient (Wildman–Crippen LogP) is 5.38. The largest absolute Gasteiger partial charge is 0.387 e. The van der Waals surface area contributed by atoms with E-state index in [1.165, 1.54) is 6.42 Å². The van der Waals surface area contributed by atoms with Crippen molar-refractivity contribution in [3.8, 4) is 0 Å². The molecule has 17 heavy (non-hydrogen) atoms. The van der Waals surface area contributed by atoms with E-state index in [0.29, 0.717) is 5.92 Å². The van der Waals surface area contributed by atoms with E-state index < -0.39 is 0 Å². The Labute approximate surface area is 124 Å². The standard InChI is InChI=1S/C13H18Br2OS/c1-7-3-4-9(5-8(7)2)12(16)11-6-10(14)13(15)17-11/h6-9,12,16H,3-5H2,1-2H3. The number of hydrogen-bond donors (Lipinski definition) is 1. The first kappa shape index (κ1) is 14.0. The minimum absolute atomic E-state index is 0.294. The van der Waals surface area contributed by atoms with Crippen LogP contribution in [0.1, 0.15) is 44.1 Å². The molecule has 1 aromatic rings. The Morgan fingerprint density at radius 2 is 2.00 bits per heavy atom. The Morgan fingerprint density at radius 3 is 2.53 bits per heavy atom. The molecule has 1 heterocycles. The summed E-state index contributed by atoms with van der Waals surface area (Å²) in [5, 5.41) is 10.5. The molecule has 0 bridgehead atoms. The normalized spacial score (nSPS) is 31.5. The molecule has 0 aliphatic heterocycles. The molecule has 0 spiro atoms. The molecule has 4 unspecified atom stereocenters. The maximum atomic E-state index is 10.5. The highest BCUT2D eigenvalue weighted by atomic mass is 79.9. The fourth-order valence-electron chi connectivity index (χ4n) is 2.62. The lowest BCUT2D eigenvalue weighted by molar-refractivity contribution is 0.0585. The Bertz CT molecular complexity index is 371. The predicted molar refractivity (Wildman–Crippen MR) is 80.3 cm³/mol. The van der Waals surface area contributed by atoms with E-state index in [1.807, 2.05) is 6.07 Å². The second-order valence-corrected chi connectivity index (χ2v) is 8.50. The van der Waals surface area contributed by atoms with Gasteiger partial charge in [0.25, 0.3) is 0 Å². The van der Waals surface area contributed by atoms with E-state index >= 15 is 0 Å². The third-order valence-electron chi connectivity index (χ3n) is 4.04. The summed E-state index contributed by atoms with van der Waals surface area (Å²) in [4.78, 5) is 1.08. The molecule has 1 N–H and O–H groups in total. The monoisotopic (exact) mass is 380 g/mol. The number of rotatable bonds is 2. The van der Waals surface area contributed by atoms with Crippen LogP contribution in [0.25, 0.3) is 0 Å². The van der Waals surface area contributed by atoms with Crippen LogP contribution in [-0.2, 0) is 0 Å². The average molecular weight is 382 g/mol. The van der Waals surface area contributed by atoms with Gasteiger partial charge in [-0.1, -0.05) is 20.3 Å². The average Bonchev–Trinajstić information content (AvgIpc) is 2.62. The lowest BCUT2D eigenvalue weighted by Gasteiger charge is -2.34. The van der Waals surface area contributed by atoms with Crippen molar-refractivity contribution in [2.45, 2.75) is 39.2 Å². The fourth-order valence-corrected chi connectivity index (χ4v) is 4.79. The van der Waals surface area contributed by atoms with Gasteiger partial charge in [0.1, 0.15) is 0 Å². The number of aliphatic hydroxyl groups is 1. The molecule has 0 aromatic carbocycles. The van der Waals surface area contributed by atoms with Crippen molar-refractivity contribution >= 4 is 43.2 Å². The van der Waals surface area contributed by atoms with Gasteiger partial charge < -0.3 is 5.11 Å². The smallest absolute Gasteiger partial charge is 0.0910 e. The summed E-state index contributed by atoms with van der Waals surface area (Å²) in [6.07, 6.45) is 3.25. The van der Waals surface area contributed by atoms with Crippen molar-refractivity contribution in [1.82, 2.24) is 0 Å². The molecule has 1 nitrogen and oxygen atoms in total. The second-order valence-electron chi connectivity index (χ2n) is 5.24. The SMILES string of the molecule is CC1CCC(C(O)c2cc(Br)c(Br)s2)CC1C. The minimum atomic E-state index is -0.294. The third-order valence-corrected chi connectivity index (χ3v) is 7.37. The van der Waals surface area contributed by atoms with Crippen LogP contribution >= 0.6 is 43.2 Å². The molecular formula is C13H18Br2OS. The molecule has 4 heteroatoms. The van der Waals surface area contributed by atoms with Gasteiger partial charge in [-0.3, -0.25) is 0 Å². The molecule has 1 aliphatic carbocycles. The van der Waals surface area contributed by atoms with Crippen LogP contribution in [0.4, 0.5) is 0 Å². The van der Waals surface area contributed by atoms with Crippen molar-refractivity contribution in [3.05, 3.63) is 19.2 Å². The summed E-state index contributed by atoms with van der Waals surface area (Å²) >= 11 is 8.61. The van der Waals surface area contributed by atoms with Crippen LogP contribution in [0.2, 0.25) is 0 Å². The van der Waals surface area contributed by atoms with Crippen LogP contribution in [0.5, 0.6) is 0 Å². The molecule has 0 saturated heterocycles. The highest BCUT2D eigenvalue weighted by molar-refractivity contribution is 9.13. The number of hydrogen-bond acceptors (Lipinski definition) is 2. The van der Waals surface area contributed by atoms with E-state index in [0.717, 1.165) is 37.8 Å². The van der Waals surface area contributed by atoms with E-state index in [4.69, 9.17) is 0 Å². The topological polar surface area (TPSA) is 20.2 Å². The maximum absolute atomic E-state index is 10.5. The molecule has 0 amide bonds. The maximum Gasteiger partial charge on any atom is 0.0910 e. The molecular weight excluding hydrogens is 364 g/mol. The molecule has 1 aliphatic rings. The Morgan fingerprint density at radius 1 is 1.29 bits per heavy atom. The van der Waals surface area contributed by atoms with Crippen LogP contribution in [0, 0.1) is 17.8 Å². The number of halogens is 2. The van der Waals surface area contributed by atoms with Crippen molar-refractivity contribution in [2.24, 2.45) is 17.8 Å². The zero-order valence-electron chi connectivity index (χ0n) is 10.1. The van der Waals surface area contributed by atoms with Gasteiger partial charge in [-0.2, -0.15) is 0 Å². The van der Waals surface area contributed by atoms with Gasteiger partial charge in [0.05, 0.1) is 9.89 Å². The van der Waals surface area contributed by atoms with E-state index in [-0.39, 0.29) is 6.10 Å². The molecule has 2 rings (SSSR count). The first-order valence-electron chi connectivity index (χ1n) is 6.11. The minimum Gasteiger partial charge on any atom is -0.387 e. The van der Waals surface area contributed by atoms with Crippen molar-refractivity contribution < 1.29 is 5.11 Å². The quantitative estimate of drug-likeness (QED) is 0.729. The van der Waals surface area contributed by atoms with E-state index in [1.54, 1.807) is 11.3 Å². The molecule has 1 fully saturated rings. The third kappa shape index (κ3) is 3.14. The van der Waals surface area contributed by atoms with Crippen LogP contribution < -0.4 is 0 Å². The van der Waals surface area contributed by atoms with E-state index in [2.05, 4.69) is 45.7 Å². The number of aliphatic hydroxyl groups excluding tert-OH is 1. The van der Waals surface area contributed by atoms with Gasteiger partial charge in [0, 0.05) is 9.35 Å². The van der Waals surface area contributed by atoms with E-state index in [9.17, 15) is 5.11 Å². The molecule has 1 aromatic heterocycles. The Balaban J connectivity index is 2.07.